The molecule has 0 aliphatic heterocycles. The summed E-state index contributed by atoms with van der Waals surface area (Å²) in [5.74, 6) is 1.73. The molecule has 0 saturated heterocycles. The third kappa shape index (κ3) is 1.50. The Kier molecular flexibility index (Phi) is 2.73. The second-order valence-electron chi connectivity index (χ2n) is 3.82. The molecule has 2 heteroatoms. The van der Waals surface area contributed by atoms with Gasteiger partial charge in [0.2, 0.25) is 0 Å². The Hall–Kier alpha value is -1.02. The van der Waals surface area contributed by atoms with Crippen LogP contribution in [0.4, 0.5) is 0 Å². The first-order valence-corrected chi connectivity index (χ1v) is 5.17. The molecule has 0 bridgehead atoms. The number of benzene rings is 1. The third-order valence-corrected chi connectivity index (χ3v) is 3.02. The zero-order valence-electron chi connectivity index (χ0n) is 8.84. The van der Waals surface area contributed by atoms with Gasteiger partial charge in [0.1, 0.15) is 5.75 Å². The quantitative estimate of drug-likeness (QED) is 0.788. The van der Waals surface area contributed by atoms with Crippen molar-refractivity contribution in [3.8, 4) is 5.75 Å². The number of nitrogens with one attached hydrogen (secondary N) is 1. The normalized spacial score (nSPS) is 19.4. The number of rotatable bonds is 3. The maximum Gasteiger partial charge on any atom is 0.122 e. The SMILES string of the molecule is CNCC1CCc2c(OC)cccc21. The van der Waals surface area contributed by atoms with Crippen LogP contribution in [0, 0.1) is 0 Å². The standard InChI is InChI=1S/C12H17NO/c1-13-8-9-6-7-11-10(9)4-3-5-12(11)14-2/h3-5,9,13H,6-8H2,1-2H3. The summed E-state index contributed by atoms with van der Waals surface area (Å²) in [4.78, 5) is 0. The fourth-order valence-electron chi connectivity index (χ4n) is 2.36. The van der Waals surface area contributed by atoms with E-state index in [9.17, 15) is 0 Å². The molecule has 0 amide bonds. The molecule has 0 spiro atoms. The van der Waals surface area contributed by atoms with Crippen LogP contribution in [0.3, 0.4) is 0 Å². The number of hydrogen-bond acceptors (Lipinski definition) is 2. The average Bonchev–Trinajstić information content (AvgIpc) is 2.62. The van der Waals surface area contributed by atoms with Crippen molar-refractivity contribution in [2.24, 2.45) is 0 Å². The van der Waals surface area contributed by atoms with Crippen LogP contribution in [0.1, 0.15) is 23.5 Å². The number of fused-ring (bicyclic) bond motifs is 1. The summed E-state index contributed by atoms with van der Waals surface area (Å²) in [6.45, 7) is 1.07. The first-order valence-electron chi connectivity index (χ1n) is 5.17. The van der Waals surface area contributed by atoms with Crippen LogP contribution in [-0.4, -0.2) is 20.7 Å². The van der Waals surface area contributed by atoms with Gasteiger partial charge < -0.3 is 10.1 Å². The molecule has 1 N–H and O–H groups in total. The molecule has 0 aromatic heterocycles. The molecular formula is C12H17NO. The van der Waals surface area contributed by atoms with Gasteiger partial charge in [0.05, 0.1) is 7.11 Å². The second kappa shape index (κ2) is 4.01. The van der Waals surface area contributed by atoms with Crippen molar-refractivity contribution in [1.29, 1.82) is 0 Å². The highest BCUT2D eigenvalue weighted by molar-refractivity contribution is 5.45. The second-order valence-corrected chi connectivity index (χ2v) is 3.82. The van der Waals surface area contributed by atoms with Crippen molar-refractivity contribution in [2.75, 3.05) is 20.7 Å². The van der Waals surface area contributed by atoms with E-state index < -0.39 is 0 Å². The van der Waals surface area contributed by atoms with Crippen molar-refractivity contribution in [3.05, 3.63) is 29.3 Å². The van der Waals surface area contributed by atoms with Crippen LogP contribution in [0.15, 0.2) is 18.2 Å². The van der Waals surface area contributed by atoms with E-state index in [-0.39, 0.29) is 0 Å². The smallest absolute Gasteiger partial charge is 0.122 e. The van der Waals surface area contributed by atoms with Crippen molar-refractivity contribution < 1.29 is 4.74 Å². The minimum Gasteiger partial charge on any atom is -0.496 e. The zero-order valence-corrected chi connectivity index (χ0v) is 8.84. The number of ether oxygens (including phenoxy) is 1. The van der Waals surface area contributed by atoms with E-state index in [4.69, 9.17) is 4.74 Å². The molecule has 0 radical (unpaired) electrons. The van der Waals surface area contributed by atoms with E-state index >= 15 is 0 Å². The lowest BCUT2D eigenvalue weighted by Gasteiger charge is -2.11. The van der Waals surface area contributed by atoms with Gasteiger partial charge in [-0.15, -0.1) is 0 Å². The van der Waals surface area contributed by atoms with Gasteiger partial charge in [-0.2, -0.15) is 0 Å². The van der Waals surface area contributed by atoms with Gasteiger partial charge in [-0.1, -0.05) is 12.1 Å². The van der Waals surface area contributed by atoms with Gasteiger partial charge in [0.25, 0.3) is 0 Å². The molecule has 2 nitrogen and oxygen atoms in total. The molecule has 1 aromatic carbocycles. The highest BCUT2D eigenvalue weighted by atomic mass is 16.5. The van der Waals surface area contributed by atoms with E-state index in [0.717, 1.165) is 18.7 Å². The largest absolute Gasteiger partial charge is 0.496 e. The summed E-state index contributed by atoms with van der Waals surface area (Å²) >= 11 is 0. The molecule has 1 aromatic rings. The molecular weight excluding hydrogens is 174 g/mol. The Morgan fingerprint density at radius 2 is 2.36 bits per heavy atom. The Bertz CT molecular complexity index is 322. The Morgan fingerprint density at radius 1 is 1.50 bits per heavy atom. The van der Waals surface area contributed by atoms with Gasteiger partial charge in [-0.25, -0.2) is 0 Å². The van der Waals surface area contributed by atoms with Gasteiger partial charge in [-0.3, -0.25) is 0 Å². The van der Waals surface area contributed by atoms with E-state index in [1.54, 1.807) is 7.11 Å². The van der Waals surface area contributed by atoms with Crippen molar-refractivity contribution >= 4 is 0 Å². The molecule has 1 unspecified atom stereocenters. The molecule has 2 rings (SSSR count). The zero-order chi connectivity index (χ0) is 9.97. The molecule has 0 saturated carbocycles. The number of methoxy groups -OCH3 is 1. The van der Waals surface area contributed by atoms with E-state index in [2.05, 4.69) is 23.5 Å². The van der Waals surface area contributed by atoms with Crippen molar-refractivity contribution in [3.63, 3.8) is 0 Å². The van der Waals surface area contributed by atoms with Crippen molar-refractivity contribution in [1.82, 2.24) is 5.32 Å². The van der Waals surface area contributed by atoms with E-state index in [1.807, 2.05) is 7.05 Å². The maximum absolute atomic E-state index is 5.36. The summed E-state index contributed by atoms with van der Waals surface area (Å²) in [5, 5.41) is 3.25. The maximum atomic E-state index is 5.36. The summed E-state index contributed by atoms with van der Waals surface area (Å²) < 4.78 is 5.36. The minimum atomic E-state index is 0.671. The summed E-state index contributed by atoms with van der Waals surface area (Å²) in [6.07, 6.45) is 2.41. The van der Waals surface area contributed by atoms with Crippen LogP contribution in [0.25, 0.3) is 0 Å². The molecule has 0 fully saturated rings. The fraction of sp³-hybridized carbons (Fsp3) is 0.500. The molecule has 0 heterocycles. The number of hydrogen-bond donors (Lipinski definition) is 1. The highest BCUT2D eigenvalue weighted by Gasteiger charge is 2.23. The third-order valence-electron chi connectivity index (χ3n) is 3.02. The Labute approximate surface area is 85.3 Å². The van der Waals surface area contributed by atoms with Crippen LogP contribution >= 0.6 is 0 Å². The predicted molar refractivity (Wildman–Crippen MR) is 58.0 cm³/mol. The molecule has 1 aliphatic rings. The van der Waals surface area contributed by atoms with Crippen LogP contribution in [0.5, 0.6) is 5.75 Å². The van der Waals surface area contributed by atoms with Crippen LogP contribution < -0.4 is 10.1 Å². The first-order chi connectivity index (χ1) is 6.86. The monoisotopic (exact) mass is 191 g/mol. The minimum absolute atomic E-state index is 0.671. The van der Waals surface area contributed by atoms with E-state index in [0.29, 0.717) is 5.92 Å². The summed E-state index contributed by atoms with van der Waals surface area (Å²) in [6, 6.07) is 6.37. The molecule has 14 heavy (non-hydrogen) atoms. The topological polar surface area (TPSA) is 21.3 Å². The lowest BCUT2D eigenvalue weighted by molar-refractivity contribution is 0.410. The van der Waals surface area contributed by atoms with Gasteiger partial charge >= 0.3 is 0 Å². The summed E-state index contributed by atoms with van der Waals surface area (Å²) in [5.41, 5.74) is 2.88. The van der Waals surface area contributed by atoms with Gasteiger partial charge in [0.15, 0.2) is 0 Å². The van der Waals surface area contributed by atoms with E-state index in [1.165, 1.54) is 17.5 Å². The van der Waals surface area contributed by atoms with Crippen LogP contribution in [0.2, 0.25) is 0 Å². The molecule has 1 atom stereocenters. The first kappa shape index (κ1) is 9.53. The molecule has 76 valence electrons. The van der Waals surface area contributed by atoms with Gasteiger partial charge in [0, 0.05) is 6.54 Å². The lowest BCUT2D eigenvalue weighted by Crippen LogP contribution is -2.15. The molecule has 1 aliphatic carbocycles. The Balaban J connectivity index is 2.31. The summed E-state index contributed by atoms with van der Waals surface area (Å²) in [7, 11) is 3.76. The van der Waals surface area contributed by atoms with Crippen LogP contribution in [-0.2, 0) is 6.42 Å². The Morgan fingerprint density at radius 3 is 3.07 bits per heavy atom. The van der Waals surface area contributed by atoms with Crippen molar-refractivity contribution in [2.45, 2.75) is 18.8 Å². The lowest BCUT2D eigenvalue weighted by atomic mass is 10.0. The highest BCUT2D eigenvalue weighted by Crippen LogP contribution is 2.37. The fourth-order valence-corrected chi connectivity index (χ4v) is 2.36. The van der Waals surface area contributed by atoms with Gasteiger partial charge in [-0.05, 0) is 43.0 Å². The average molecular weight is 191 g/mol. The number of likely N-dealkylation sites (N-methyl/N-ethyl adjacent to an activating group) is 1. The predicted octanol–water partition coefficient (Wildman–Crippen LogP) is 1.94.